The maximum atomic E-state index is 12.4. The topological polar surface area (TPSA) is 75.4 Å². The molecule has 0 aromatic heterocycles. The van der Waals surface area contributed by atoms with Crippen molar-refractivity contribution in [2.45, 2.75) is 25.1 Å². The van der Waals surface area contributed by atoms with E-state index in [0.29, 0.717) is 24.9 Å². The molecular formula is C15H18F3N3O2. The molecule has 2 rings (SSSR count). The Kier molecular flexibility index (Phi) is 5.25. The minimum Gasteiger partial charge on any atom is -0.366 e. The Hall–Kier alpha value is -2.09. The molecule has 0 bridgehead atoms. The van der Waals surface area contributed by atoms with E-state index in [9.17, 15) is 22.8 Å². The number of nitrogens with two attached hydrogens (primary N) is 1. The highest BCUT2D eigenvalue weighted by atomic mass is 19.4. The van der Waals surface area contributed by atoms with Gasteiger partial charge in [0.25, 0.3) is 5.91 Å². The molecule has 1 heterocycles. The number of alkyl halides is 3. The van der Waals surface area contributed by atoms with Gasteiger partial charge in [0.05, 0.1) is 6.54 Å². The second-order valence-electron chi connectivity index (χ2n) is 5.60. The van der Waals surface area contributed by atoms with Crippen LogP contribution in [0, 0.1) is 0 Å². The van der Waals surface area contributed by atoms with Gasteiger partial charge in [0.2, 0.25) is 5.91 Å². The van der Waals surface area contributed by atoms with E-state index in [0.717, 1.165) is 0 Å². The molecule has 1 saturated heterocycles. The number of amides is 2. The molecule has 0 aliphatic carbocycles. The van der Waals surface area contributed by atoms with Gasteiger partial charge in [-0.2, -0.15) is 13.2 Å². The van der Waals surface area contributed by atoms with Gasteiger partial charge >= 0.3 is 6.18 Å². The molecule has 1 unspecified atom stereocenters. The molecule has 23 heavy (non-hydrogen) atoms. The zero-order chi connectivity index (χ0) is 17.0. The van der Waals surface area contributed by atoms with Crippen LogP contribution >= 0.6 is 0 Å². The SMILES string of the molecule is NC(=O)c1ccc(C(=O)NC2CCCN(CC(F)(F)F)C2)cc1. The third-order valence-electron chi connectivity index (χ3n) is 3.68. The molecule has 2 amide bonds. The van der Waals surface area contributed by atoms with Crippen molar-refractivity contribution in [2.75, 3.05) is 19.6 Å². The van der Waals surface area contributed by atoms with E-state index in [1.807, 2.05) is 0 Å². The molecule has 0 radical (unpaired) electrons. The lowest BCUT2D eigenvalue weighted by molar-refractivity contribution is -0.148. The largest absolute Gasteiger partial charge is 0.401 e. The minimum absolute atomic E-state index is 0.171. The third kappa shape index (κ3) is 5.24. The van der Waals surface area contributed by atoms with E-state index >= 15 is 0 Å². The zero-order valence-electron chi connectivity index (χ0n) is 12.4. The number of halogens is 3. The van der Waals surface area contributed by atoms with E-state index < -0.39 is 18.6 Å². The molecule has 1 fully saturated rings. The summed E-state index contributed by atoms with van der Waals surface area (Å²) in [6, 6.07) is 5.48. The normalized spacial score (nSPS) is 19.3. The predicted molar refractivity (Wildman–Crippen MR) is 77.9 cm³/mol. The van der Waals surface area contributed by atoms with Gasteiger partial charge in [-0.05, 0) is 43.7 Å². The molecule has 5 nitrogen and oxygen atoms in total. The van der Waals surface area contributed by atoms with Crippen molar-refractivity contribution >= 4 is 11.8 Å². The number of likely N-dealkylation sites (tertiary alicyclic amines) is 1. The average Bonchev–Trinajstić information content (AvgIpc) is 2.46. The van der Waals surface area contributed by atoms with Crippen molar-refractivity contribution in [2.24, 2.45) is 5.73 Å². The summed E-state index contributed by atoms with van der Waals surface area (Å²) in [5.41, 5.74) is 5.74. The van der Waals surface area contributed by atoms with Crippen molar-refractivity contribution in [1.29, 1.82) is 0 Å². The number of nitrogens with zero attached hydrogens (tertiary/aromatic N) is 1. The van der Waals surface area contributed by atoms with Crippen molar-refractivity contribution in [3.8, 4) is 0 Å². The highest BCUT2D eigenvalue weighted by Crippen LogP contribution is 2.20. The van der Waals surface area contributed by atoms with Gasteiger partial charge in [0.15, 0.2) is 0 Å². The molecule has 3 N–H and O–H groups in total. The van der Waals surface area contributed by atoms with Gasteiger partial charge in [0, 0.05) is 23.7 Å². The number of nitrogens with one attached hydrogen (secondary N) is 1. The fourth-order valence-electron chi connectivity index (χ4n) is 2.63. The van der Waals surface area contributed by atoms with Crippen LogP contribution in [0.3, 0.4) is 0 Å². The second kappa shape index (κ2) is 6.99. The van der Waals surface area contributed by atoms with Crippen molar-refractivity contribution < 1.29 is 22.8 Å². The van der Waals surface area contributed by atoms with Crippen LogP contribution in [0.1, 0.15) is 33.6 Å². The summed E-state index contributed by atoms with van der Waals surface area (Å²) < 4.78 is 37.3. The molecule has 1 aromatic carbocycles. The monoisotopic (exact) mass is 329 g/mol. The summed E-state index contributed by atoms with van der Waals surface area (Å²) in [6.07, 6.45) is -3.00. The first-order valence-corrected chi connectivity index (χ1v) is 7.24. The second-order valence-corrected chi connectivity index (χ2v) is 5.60. The molecule has 0 saturated carbocycles. The number of benzene rings is 1. The number of hydrogen-bond acceptors (Lipinski definition) is 3. The lowest BCUT2D eigenvalue weighted by Crippen LogP contribution is -2.49. The summed E-state index contributed by atoms with van der Waals surface area (Å²) in [5, 5.41) is 2.74. The first-order chi connectivity index (χ1) is 10.7. The fourth-order valence-corrected chi connectivity index (χ4v) is 2.63. The van der Waals surface area contributed by atoms with Gasteiger partial charge in [-0.15, -0.1) is 0 Å². The van der Waals surface area contributed by atoms with Crippen LogP contribution in [-0.2, 0) is 0 Å². The maximum Gasteiger partial charge on any atom is 0.401 e. The quantitative estimate of drug-likeness (QED) is 0.880. The van der Waals surface area contributed by atoms with E-state index in [-0.39, 0.29) is 24.1 Å². The van der Waals surface area contributed by atoms with Crippen molar-refractivity contribution in [3.63, 3.8) is 0 Å². The molecule has 8 heteroatoms. The molecule has 126 valence electrons. The van der Waals surface area contributed by atoms with Crippen LogP contribution in [0.2, 0.25) is 0 Å². The Morgan fingerprint density at radius 1 is 1.22 bits per heavy atom. The molecule has 1 aliphatic rings. The van der Waals surface area contributed by atoms with Crippen LogP contribution in [0.25, 0.3) is 0 Å². The van der Waals surface area contributed by atoms with E-state index in [4.69, 9.17) is 5.73 Å². The summed E-state index contributed by atoms with van der Waals surface area (Å²) in [7, 11) is 0. The molecule has 1 atom stereocenters. The molecule has 0 spiro atoms. The number of carbonyl (C=O) groups excluding carboxylic acids is 2. The van der Waals surface area contributed by atoms with Crippen LogP contribution < -0.4 is 11.1 Å². The van der Waals surface area contributed by atoms with Crippen LogP contribution in [0.15, 0.2) is 24.3 Å². The average molecular weight is 329 g/mol. The first-order valence-electron chi connectivity index (χ1n) is 7.24. The lowest BCUT2D eigenvalue weighted by Gasteiger charge is -2.33. The smallest absolute Gasteiger partial charge is 0.366 e. The van der Waals surface area contributed by atoms with Crippen molar-refractivity contribution in [3.05, 3.63) is 35.4 Å². The van der Waals surface area contributed by atoms with E-state index in [1.165, 1.54) is 29.2 Å². The van der Waals surface area contributed by atoms with Gasteiger partial charge in [-0.25, -0.2) is 0 Å². The number of rotatable bonds is 4. The van der Waals surface area contributed by atoms with Gasteiger partial charge in [-0.3, -0.25) is 14.5 Å². The molecule has 1 aromatic rings. The number of piperidine rings is 1. The standard InChI is InChI=1S/C15H18F3N3O2/c16-15(17,18)9-21-7-1-2-12(8-21)20-14(23)11-5-3-10(4-6-11)13(19)22/h3-6,12H,1-2,7-9H2,(H2,19,22)(H,20,23). The number of carbonyl (C=O) groups is 2. The third-order valence-corrected chi connectivity index (χ3v) is 3.68. The highest BCUT2D eigenvalue weighted by molar-refractivity contribution is 5.97. The zero-order valence-corrected chi connectivity index (χ0v) is 12.4. The maximum absolute atomic E-state index is 12.4. The summed E-state index contributed by atoms with van der Waals surface area (Å²) in [4.78, 5) is 24.4. The minimum atomic E-state index is -4.24. The first kappa shape index (κ1) is 17.3. The fraction of sp³-hybridized carbons (Fsp3) is 0.467. The molecule has 1 aliphatic heterocycles. The van der Waals surface area contributed by atoms with E-state index in [1.54, 1.807) is 0 Å². The van der Waals surface area contributed by atoms with Crippen LogP contribution in [0.4, 0.5) is 13.2 Å². The Morgan fingerprint density at radius 3 is 2.39 bits per heavy atom. The Labute approximate surface area is 131 Å². The van der Waals surface area contributed by atoms with Crippen LogP contribution in [0.5, 0.6) is 0 Å². The lowest BCUT2D eigenvalue weighted by atomic mass is 10.0. The summed E-state index contributed by atoms with van der Waals surface area (Å²) in [6.45, 7) is -0.420. The summed E-state index contributed by atoms with van der Waals surface area (Å²) in [5.74, 6) is -0.966. The number of primary amides is 1. The Morgan fingerprint density at radius 2 is 1.83 bits per heavy atom. The van der Waals surface area contributed by atoms with E-state index in [2.05, 4.69) is 5.32 Å². The Bertz CT molecular complexity index is 572. The van der Waals surface area contributed by atoms with Gasteiger partial charge < -0.3 is 11.1 Å². The van der Waals surface area contributed by atoms with Crippen LogP contribution in [-0.4, -0.2) is 48.6 Å². The number of hydrogen-bond donors (Lipinski definition) is 2. The Balaban J connectivity index is 1.92. The van der Waals surface area contributed by atoms with Gasteiger partial charge in [-0.1, -0.05) is 0 Å². The van der Waals surface area contributed by atoms with Crippen molar-refractivity contribution in [1.82, 2.24) is 10.2 Å². The highest BCUT2D eigenvalue weighted by Gasteiger charge is 2.33. The summed E-state index contributed by atoms with van der Waals surface area (Å²) >= 11 is 0. The van der Waals surface area contributed by atoms with Gasteiger partial charge in [0.1, 0.15) is 0 Å². The predicted octanol–water partition coefficient (Wildman–Crippen LogP) is 1.54. The molecular weight excluding hydrogens is 311 g/mol.